The van der Waals surface area contributed by atoms with Crippen LogP contribution in [-0.4, -0.2) is 13.7 Å². The Morgan fingerprint density at radius 1 is 1.28 bits per heavy atom. The summed E-state index contributed by atoms with van der Waals surface area (Å²) in [6.45, 7) is 10.2. The molecule has 1 aliphatic rings. The van der Waals surface area contributed by atoms with Gasteiger partial charge in [0.05, 0.1) is 7.11 Å². The Kier molecular flexibility index (Phi) is 3.67. The van der Waals surface area contributed by atoms with Gasteiger partial charge in [-0.1, -0.05) is 33.8 Å². The lowest BCUT2D eigenvalue weighted by Crippen LogP contribution is -2.17. The molecule has 1 N–H and O–H groups in total. The lowest BCUT2D eigenvalue weighted by atomic mass is 9.85. The van der Waals surface area contributed by atoms with Crippen molar-refractivity contribution < 1.29 is 4.74 Å². The van der Waals surface area contributed by atoms with Crippen LogP contribution in [0.5, 0.6) is 5.75 Å². The molecule has 18 heavy (non-hydrogen) atoms. The lowest BCUT2D eigenvalue weighted by Gasteiger charge is -2.23. The van der Waals surface area contributed by atoms with E-state index < -0.39 is 0 Å². The van der Waals surface area contributed by atoms with Gasteiger partial charge in [0.2, 0.25) is 0 Å². The van der Waals surface area contributed by atoms with E-state index in [1.807, 2.05) is 0 Å². The highest BCUT2D eigenvalue weighted by Gasteiger charge is 2.26. The smallest absolute Gasteiger partial charge is 0.123 e. The maximum atomic E-state index is 5.52. The van der Waals surface area contributed by atoms with E-state index in [9.17, 15) is 0 Å². The first kappa shape index (κ1) is 13.4. The molecule has 2 nitrogen and oxygen atoms in total. The summed E-state index contributed by atoms with van der Waals surface area (Å²) < 4.78 is 5.52. The summed E-state index contributed by atoms with van der Waals surface area (Å²) in [4.78, 5) is 0. The van der Waals surface area contributed by atoms with E-state index in [-0.39, 0.29) is 5.41 Å². The lowest BCUT2D eigenvalue weighted by molar-refractivity contribution is 0.402. The summed E-state index contributed by atoms with van der Waals surface area (Å²) in [6.07, 6.45) is 1.20. The van der Waals surface area contributed by atoms with Crippen molar-refractivity contribution in [1.29, 1.82) is 0 Å². The SMILES string of the molecule is COc1ccc(C(C)(C)C)cc1[C@H]1C[C@@H](C)CN1. The third-order valence-corrected chi connectivity index (χ3v) is 3.82. The van der Waals surface area contributed by atoms with Gasteiger partial charge in [-0.2, -0.15) is 0 Å². The van der Waals surface area contributed by atoms with E-state index in [1.165, 1.54) is 17.5 Å². The minimum atomic E-state index is 0.186. The van der Waals surface area contributed by atoms with Gasteiger partial charge < -0.3 is 10.1 Å². The van der Waals surface area contributed by atoms with E-state index in [0.29, 0.717) is 6.04 Å². The Bertz CT molecular complexity index is 420. The molecule has 0 saturated carbocycles. The molecule has 1 aliphatic heterocycles. The molecule has 1 aromatic carbocycles. The standard InChI is InChI=1S/C16H25NO/c1-11-8-14(17-10-11)13-9-12(16(2,3)4)6-7-15(13)18-5/h6-7,9,11,14,17H,8,10H2,1-5H3/t11-,14-/m1/s1. The van der Waals surface area contributed by atoms with Gasteiger partial charge in [-0.15, -0.1) is 0 Å². The van der Waals surface area contributed by atoms with Crippen molar-refractivity contribution in [2.75, 3.05) is 13.7 Å². The van der Waals surface area contributed by atoms with Crippen molar-refractivity contribution in [1.82, 2.24) is 5.32 Å². The van der Waals surface area contributed by atoms with Crippen LogP contribution in [0.3, 0.4) is 0 Å². The molecule has 0 amide bonds. The fraction of sp³-hybridized carbons (Fsp3) is 0.625. The van der Waals surface area contributed by atoms with Gasteiger partial charge in [0.25, 0.3) is 0 Å². The molecule has 0 unspecified atom stereocenters. The molecular formula is C16H25NO. The minimum absolute atomic E-state index is 0.186. The predicted molar refractivity (Wildman–Crippen MR) is 76.2 cm³/mol. The van der Waals surface area contributed by atoms with Crippen molar-refractivity contribution in [2.45, 2.75) is 45.6 Å². The fourth-order valence-corrected chi connectivity index (χ4v) is 2.62. The summed E-state index contributed by atoms with van der Waals surface area (Å²) >= 11 is 0. The van der Waals surface area contributed by atoms with Gasteiger partial charge >= 0.3 is 0 Å². The van der Waals surface area contributed by atoms with Crippen molar-refractivity contribution in [3.8, 4) is 5.75 Å². The Balaban J connectivity index is 2.37. The van der Waals surface area contributed by atoms with Gasteiger partial charge in [-0.05, 0) is 42.0 Å². The summed E-state index contributed by atoms with van der Waals surface area (Å²) in [6, 6.07) is 7.05. The van der Waals surface area contributed by atoms with E-state index >= 15 is 0 Å². The predicted octanol–water partition coefficient (Wildman–Crippen LogP) is 3.66. The van der Waals surface area contributed by atoms with E-state index in [0.717, 1.165) is 18.2 Å². The zero-order valence-electron chi connectivity index (χ0n) is 12.2. The van der Waals surface area contributed by atoms with Crippen molar-refractivity contribution in [3.63, 3.8) is 0 Å². The van der Waals surface area contributed by atoms with Crippen LogP contribution >= 0.6 is 0 Å². The van der Waals surface area contributed by atoms with Crippen LogP contribution in [0.4, 0.5) is 0 Å². The number of hydrogen-bond donors (Lipinski definition) is 1. The number of hydrogen-bond acceptors (Lipinski definition) is 2. The van der Waals surface area contributed by atoms with Crippen LogP contribution in [0.25, 0.3) is 0 Å². The molecular weight excluding hydrogens is 222 g/mol. The molecule has 1 heterocycles. The van der Waals surface area contributed by atoms with Gasteiger partial charge in [0.15, 0.2) is 0 Å². The van der Waals surface area contributed by atoms with Crippen LogP contribution in [-0.2, 0) is 5.41 Å². The molecule has 1 aromatic rings. The molecule has 2 atom stereocenters. The van der Waals surface area contributed by atoms with Crippen LogP contribution < -0.4 is 10.1 Å². The van der Waals surface area contributed by atoms with Gasteiger partial charge in [0.1, 0.15) is 5.75 Å². The summed E-state index contributed by atoms with van der Waals surface area (Å²) in [5.41, 5.74) is 2.87. The van der Waals surface area contributed by atoms with Crippen molar-refractivity contribution in [3.05, 3.63) is 29.3 Å². The second-order valence-corrected chi connectivity index (χ2v) is 6.51. The third kappa shape index (κ3) is 2.69. The minimum Gasteiger partial charge on any atom is -0.496 e. The third-order valence-electron chi connectivity index (χ3n) is 3.82. The number of methoxy groups -OCH3 is 1. The van der Waals surface area contributed by atoms with E-state index in [1.54, 1.807) is 7.11 Å². The highest BCUT2D eigenvalue weighted by Crippen LogP contribution is 2.36. The summed E-state index contributed by atoms with van der Waals surface area (Å²) in [7, 11) is 1.76. The van der Waals surface area contributed by atoms with E-state index in [2.05, 4.69) is 51.2 Å². The fourth-order valence-electron chi connectivity index (χ4n) is 2.62. The highest BCUT2D eigenvalue weighted by atomic mass is 16.5. The molecule has 0 bridgehead atoms. The molecule has 100 valence electrons. The van der Waals surface area contributed by atoms with Gasteiger partial charge in [0, 0.05) is 11.6 Å². The first-order valence-electron chi connectivity index (χ1n) is 6.83. The molecule has 2 heteroatoms. The van der Waals surface area contributed by atoms with Gasteiger partial charge in [-0.3, -0.25) is 0 Å². The molecule has 0 aromatic heterocycles. The Morgan fingerprint density at radius 3 is 2.50 bits per heavy atom. The molecule has 0 spiro atoms. The Morgan fingerprint density at radius 2 is 2.00 bits per heavy atom. The number of ether oxygens (including phenoxy) is 1. The van der Waals surface area contributed by atoms with Crippen molar-refractivity contribution in [2.24, 2.45) is 5.92 Å². The first-order chi connectivity index (χ1) is 8.41. The normalized spacial score (nSPS) is 24.3. The molecule has 2 rings (SSSR count). The Labute approximate surface area is 111 Å². The molecule has 0 radical (unpaired) electrons. The summed E-state index contributed by atoms with van der Waals surface area (Å²) in [5, 5.41) is 3.60. The zero-order valence-corrected chi connectivity index (χ0v) is 12.2. The number of benzene rings is 1. The second-order valence-electron chi connectivity index (χ2n) is 6.51. The molecule has 1 fully saturated rings. The largest absolute Gasteiger partial charge is 0.496 e. The maximum Gasteiger partial charge on any atom is 0.123 e. The molecule has 1 saturated heterocycles. The van der Waals surface area contributed by atoms with E-state index in [4.69, 9.17) is 4.74 Å². The number of rotatable bonds is 2. The zero-order chi connectivity index (χ0) is 13.3. The molecule has 0 aliphatic carbocycles. The first-order valence-corrected chi connectivity index (χ1v) is 6.83. The monoisotopic (exact) mass is 247 g/mol. The average Bonchev–Trinajstić information content (AvgIpc) is 2.73. The van der Waals surface area contributed by atoms with Crippen LogP contribution in [0, 0.1) is 5.92 Å². The Hall–Kier alpha value is -1.02. The second kappa shape index (κ2) is 4.93. The quantitative estimate of drug-likeness (QED) is 0.861. The number of nitrogens with one attached hydrogen (secondary N) is 1. The topological polar surface area (TPSA) is 21.3 Å². The highest BCUT2D eigenvalue weighted by molar-refractivity contribution is 5.42. The van der Waals surface area contributed by atoms with Crippen LogP contribution in [0.2, 0.25) is 0 Å². The van der Waals surface area contributed by atoms with Gasteiger partial charge in [-0.25, -0.2) is 0 Å². The van der Waals surface area contributed by atoms with Crippen LogP contribution in [0.1, 0.15) is 51.3 Å². The van der Waals surface area contributed by atoms with Crippen molar-refractivity contribution >= 4 is 0 Å². The van der Waals surface area contributed by atoms with Crippen LogP contribution in [0.15, 0.2) is 18.2 Å². The maximum absolute atomic E-state index is 5.52. The average molecular weight is 247 g/mol. The summed E-state index contributed by atoms with van der Waals surface area (Å²) in [5.74, 6) is 1.76.